The Morgan fingerprint density at radius 1 is 0.750 bits per heavy atom. The molecule has 0 amide bonds. The molecule has 5 aromatic rings. The number of rotatable bonds is 2. The van der Waals surface area contributed by atoms with E-state index in [1.54, 1.807) is 0 Å². The van der Waals surface area contributed by atoms with E-state index in [9.17, 15) is 5.11 Å². The number of hydrogen-bond acceptors (Lipinski definition) is 2. The minimum atomic E-state index is -0.388. The highest BCUT2D eigenvalue weighted by Gasteiger charge is 2.30. The van der Waals surface area contributed by atoms with Crippen molar-refractivity contribution < 1.29 is 5.11 Å². The van der Waals surface area contributed by atoms with Gasteiger partial charge in [-0.05, 0) is 74.5 Å². The molecule has 0 aliphatic heterocycles. The van der Waals surface area contributed by atoms with Crippen molar-refractivity contribution in [2.45, 2.75) is 25.0 Å². The summed E-state index contributed by atoms with van der Waals surface area (Å²) < 4.78 is 0. The molecular weight excluding hydrogens is 342 g/mol. The van der Waals surface area contributed by atoms with E-state index in [2.05, 4.69) is 66.0 Å². The lowest BCUT2D eigenvalue weighted by Gasteiger charge is -2.33. The zero-order valence-corrected chi connectivity index (χ0v) is 15.5. The second-order valence-corrected chi connectivity index (χ2v) is 7.89. The molecule has 1 aliphatic rings. The van der Waals surface area contributed by atoms with Gasteiger partial charge in [0.1, 0.15) is 0 Å². The zero-order valence-electron chi connectivity index (χ0n) is 15.5. The third kappa shape index (κ3) is 2.25. The largest absolute Gasteiger partial charge is 0.391 e. The molecule has 28 heavy (non-hydrogen) atoms. The maximum absolute atomic E-state index is 10.8. The molecular formula is C26H21NO. The Morgan fingerprint density at radius 2 is 1.50 bits per heavy atom. The number of para-hydroxylation sites is 1. The summed E-state index contributed by atoms with van der Waals surface area (Å²) in [5, 5.41) is 22.3. The number of benzene rings is 5. The third-order valence-electron chi connectivity index (χ3n) is 6.30. The molecule has 1 aliphatic carbocycles. The van der Waals surface area contributed by atoms with Gasteiger partial charge in [0.05, 0.1) is 12.1 Å². The maximum Gasteiger partial charge on any atom is 0.0786 e. The van der Waals surface area contributed by atoms with E-state index >= 15 is 0 Å². The van der Waals surface area contributed by atoms with Crippen LogP contribution < -0.4 is 5.32 Å². The number of aliphatic hydroxyl groups excluding tert-OH is 1. The topological polar surface area (TPSA) is 32.3 Å². The Morgan fingerprint density at radius 3 is 2.32 bits per heavy atom. The van der Waals surface area contributed by atoms with Crippen LogP contribution in [0.5, 0.6) is 0 Å². The molecule has 2 nitrogen and oxygen atoms in total. The summed E-state index contributed by atoms with van der Waals surface area (Å²) in [5.74, 6) is 0. The lowest BCUT2D eigenvalue weighted by molar-refractivity contribution is 0.136. The van der Waals surface area contributed by atoms with E-state index in [1.807, 2.05) is 18.2 Å². The fourth-order valence-electron chi connectivity index (χ4n) is 5.00. The third-order valence-corrected chi connectivity index (χ3v) is 6.30. The number of aliphatic hydroxyl groups is 1. The van der Waals surface area contributed by atoms with Gasteiger partial charge in [0.2, 0.25) is 0 Å². The van der Waals surface area contributed by atoms with Crippen molar-refractivity contribution in [2.75, 3.05) is 5.32 Å². The molecule has 2 N–H and O–H groups in total. The molecule has 2 heteroatoms. The molecule has 5 aromatic carbocycles. The first-order valence-corrected chi connectivity index (χ1v) is 9.98. The SMILES string of the molecule is O[C@@H]1CCc2c(cc3ccc4cccc5ccc2c3c45)[C@H]1Nc1ccccc1. The first kappa shape index (κ1) is 15.9. The highest BCUT2D eigenvalue weighted by molar-refractivity contribution is 6.23. The standard InChI is InChI=1S/C26H21NO/c28-23-14-13-20-21-12-11-17-6-4-5-16-9-10-18(25(21)24(16)17)15-22(20)26(23)27-19-7-2-1-3-8-19/h1-12,15,23,26-28H,13-14H2/t23-,26-/m1/s1. The Balaban J connectivity index is 1.62. The van der Waals surface area contributed by atoms with Crippen molar-refractivity contribution in [1.29, 1.82) is 0 Å². The second kappa shape index (κ2) is 5.95. The molecule has 0 fully saturated rings. The maximum atomic E-state index is 10.8. The van der Waals surface area contributed by atoms with Crippen LogP contribution >= 0.6 is 0 Å². The van der Waals surface area contributed by atoms with Crippen LogP contribution in [-0.4, -0.2) is 11.2 Å². The van der Waals surface area contributed by atoms with Crippen LogP contribution in [0, 0.1) is 0 Å². The van der Waals surface area contributed by atoms with Crippen molar-refractivity contribution >= 4 is 38.0 Å². The van der Waals surface area contributed by atoms with Gasteiger partial charge in [0, 0.05) is 5.69 Å². The van der Waals surface area contributed by atoms with Gasteiger partial charge in [0.25, 0.3) is 0 Å². The van der Waals surface area contributed by atoms with Gasteiger partial charge >= 0.3 is 0 Å². The fourth-order valence-corrected chi connectivity index (χ4v) is 5.00. The van der Waals surface area contributed by atoms with Gasteiger partial charge < -0.3 is 10.4 Å². The number of fused-ring (bicyclic) bond motifs is 2. The number of hydrogen-bond donors (Lipinski definition) is 2. The average molecular weight is 363 g/mol. The summed E-state index contributed by atoms with van der Waals surface area (Å²) in [6, 6.07) is 27.9. The molecule has 136 valence electrons. The van der Waals surface area contributed by atoms with Crippen LogP contribution in [0.1, 0.15) is 23.6 Å². The first-order valence-electron chi connectivity index (χ1n) is 9.98. The Labute approximate surface area is 163 Å². The van der Waals surface area contributed by atoms with Crippen molar-refractivity contribution in [1.82, 2.24) is 0 Å². The molecule has 0 saturated carbocycles. The number of anilines is 1. The summed E-state index contributed by atoms with van der Waals surface area (Å²) in [4.78, 5) is 0. The van der Waals surface area contributed by atoms with Crippen LogP contribution in [0.15, 0.2) is 78.9 Å². The lowest BCUT2D eigenvalue weighted by Crippen LogP contribution is -2.31. The van der Waals surface area contributed by atoms with Crippen LogP contribution in [-0.2, 0) is 6.42 Å². The van der Waals surface area contributed by atoms with E-state index < -0.39 is 0 Å². The monoisotopic (exact) mass is 363 g/mol. The molecule has 0 heterocycles. The number of aryl methyl sites for hydroxylation is 1. The summed E-state index contributed by atoms with van der Waals surface area (Å²) in [6.07, 6.45) is 1.31. The van der Waals surface area contributed by atoms with Crippen LogP contribution in [0.3, 0.4) is 0 Å². The first-order chi connectivity index (χ1) is 13.8. The molecule has 0 spiro atoms. The van der Waals surface area contributed by atoms with Crippen LogP contribution in [0.25, 0.3) is 32.3 Å². The Bertz CT molecular complexity index is 1290. The van der Waals surface area contributed by atoms with Gasteiger partial charge in [-0.15, -0.1) is 0 Å². The molecule has 2 atom stereocenters. The van der Waals surface area contributed by atoms with E-state index in [4.69, 9.17) is 0 Å². The highest BCUT2D eigenvalue weighted by Crippen LogP contribution is 2.42. The van der Waals surface area contributed by atoms with Crippen molar-refractivity contribution in [2.24, 2.45) is 0 Å². The van der Waals surface area contributed by atoms with Crippen molar-refractivity contribution in [3.8, 4) is 0 Å². The Hall–Kier alpha value is -3.10. The Kier molecular flexibility index (Phi) is 3.38. The molecule has 6 rings (SSSR count). The van der Waals surface area contributed by atoms with E-state index in [0.717, 1.165) is 18.5 Å². The summed E-state index contributed by atoms with van der Waals surface area (Å²) in [6.45, 7) is 0. The van der Waals surface area contributed by atoms with Crippen molar-refractivity contribution in [3.05, 3.63) is 90.0 Å². The van der Waals surface area contributed by atoms with Gasteiger partial charge in [-0.1, -0.05) is 60.7 Å². The smallest absolute Gasteiger partial charge is 0.0786 e. The van der Waals surface area contributed by atoms with E-state index in [0.29, 0.717) is 0 Å². The van der Waals surface area contributed by atoms with Gasteiger partial charge in [-0.25, -0.2) is 0 Å². The normalized spacial score (nSPS) is 19.3. The highest BCUT2D eigenvalue weighted by atomic mass is 16.3. The molecule has 0 aromatic heterocycles. The van der Waals surface area contributed by atoms with Crippen molar-refractivity contribution in [3.63, 3.8) is 0 Å². The molecule has 0 bridgehead atoms. The number of nitrogens with one attached hydrogen (secondary N) is 1. The van der Waals surface area contributed by atoms with Gasteiger partial charge in [-0.2, -0.15) is 0 Å². The molecule has 0 saturated heterocycles. The summed E-state index contributed by atoms with van der Waals surface area (Å²) in [5.41, 5.74) is 3.66. The minimum absolute atomic E-state index is 0.0898. The predicted molar refractivity (Wildman–Crippen MR) is 117 cm³/mol. The molecule has 0 unspecified atom stereocenters. The summed E-state index contributed by atoms with van der Waals surface area (Å²) >= 11 is 0. The minimum Gasteiger partial charge on any atom is -0.391 e. The lowest BCUT2D eigenvalue weighted by atomic mass is 9.80. The van der Waals surface area contributed by atoms with Gasteiger partial charge in [-0.3, -0.25) is 0 Å². The predicted octanol–water partition coefficient (Wildman–Crippen LogP) is 6.04. The average Bonchev–Trinajstić information content (AvgIpc) is 2.74. The molecule has 0 radical (unpaired) electrons. The second-order valence-electron chi connectivity index (χ2n) is 7.89. The quantitative estimate of drug-likeness (QED) is 0.375. The van der Waals surface area contributed by atoms with Gasteiger partial charge in [0.15, 0.2) is 0 Å². The van der Waals surface area contributed by atoms with Crippen LogP contribution in [0.4, 0.5) is 5.69 Å². The zero-order chi connectivity index (χ0) is 18.7. The van der Waals surface area contributed by atoms with E-state index in [1.165, 1.54) is 43.4 Å². The fraction of sp³-hybridized carbons (Fsp3) is 0.154. The van der Waals surface area contributed by atoms with E-state index in [-0.39, 0.29) is 12.1 Å². The van der Waals surface area contributed by atoms with Crippen LogP contribution in [0.2, 0.25) is 0 Å². The summed E-state index contributed by atoms with van der Waals surface area (Å²) in [7, 11) is 0.